The standard InChI is InChI=1S/C9H12FN3O2/c10-6-1-2-8(7(11)5-6)13-3-4-15-9(12)14/h1-2,5,13H,3-4,11H2,(H2,12,14). The highest BCUT2D eigenvalue weighted by atomic mass is 19.1. The zero-order valence-electron chi connectivity index (χ0n) is 8.00. The fourth-order valence-electron chi connectivity index (χ4n) is 1.03. The second kappa shape index (κ2) is 5.04. The Morgan fingerprint density at radius 2 is 2.27 bits per heavy atom. The molecule has 0 aliphatic rings. The summed E-state index contributed by atoms with van der Waals surface area (Å²) in [6.07, 6.45) is -0.830. The second-order valence-corrected chi connectivity index (χ2v) is 2.83. The Bertz CT molecular complexity index is 357. The Balaban J connectivity index is 2.40. The Hall–Kier alpha value is -1.98. The number of hydrogen-bond donors (Lipinski definition) is 3. The Labute approximate surface area is 86.2 Å². The van der Waals surface area contributed by atoms with E-state index in [-0.39, 0.29) is 6.61 Å². The van der Waals surface area contributed by atoms with Crippen LogP contribution in [0, 0.1) is 5.82 Å². The number of carbonyl (C=O) groups excluding carboxylic acids is 1. The maximum absolute atomic E-state index is 12.6. The molecule has 0 radical (unpaired) electrons. The predicted molar refractivity (Wildman–Crippen MR) is 54.8 cm³/mol. The van der Waals surface area contributed by atoms with Crippen LogP contribution in [0.4, 0.5) is 20.6 Å². The van der Waals surface area contributed by atoms with Crippen molar-refractivity contribution in [3.63, 3.8) is 0 Å². The number of anilines is 2. The summed E-state index contributed by atoms with van der Waals surface area (Å²) in [6, 6.07) is 4.00. The van der Waals surface area contributed by atoms with Crippen LogP contribution in [-0.2, 0) is 4.74 Å². The van der Waals surface area contributed by atoms with Crippen molar-refractivity contribution in [2.24, 2.45) is 5.73 Å². The van der Waals surface area contributed by atoms with Gasteiger partial charge in [0.15, 0.2) is 0 Å². The molecule has 0 heterocycles. The third kappa shape index (κ3) is 3.72. The van der Waals surface area contributed by atoms with Gasteiger partial charge in [0.2, 0.25) is 0 Å². The molecule has 0 unspecified atom stereocenters. The number of nitrogens with two attached hydrogens (primary N) is 2. The van der Waals surface area contributed by atoms with Crippen molar-refractivity contribution in [1.82, 2.24) is 0 Å². The Morgan fingerprint density at radius 1 is 1.53 bits per heavy atom. The van der Waals surface area contributed by atoms with Crippen molar-refractivity contribution in [1.29, 1.82) is 0 Å². The molecule has 15 heavy (non-hydrogen) atoms. The number of hydrogen-bond acceptors (Lipinski definition) is 4. The molecular weight excluding hydrogens is 201 g/mol. The minimum absolute atomic E-state index is 0.131. The molecule has 0 bridgehead atoms. The number of halogens is 1. The van der Waals surface area contributed by atoms with Crippen LogP contribution in [0.2, 0.25) is 0 Å². The summed E-state index contributed by atoms with van der Waals surface area (Å²) >= 11 is 0. The summed E-state index contributed by atoms with van der Waals surface area (Å²) in [7, 11) is 0. The number of amides is 1. The SMILES string of the molecule is NC(=O)OCCNc1ccc(F)cc1N. The molecule has 0 aliphatic heterocycles. The van der Waals surface area contributed by atoms with Gasteiger partial charge in [-0.1, -0.05) is 0 Å². The lowest BCUT2D eigenvalue weighted by molar-refractivity contribution is 0.161. The highest BCUT2D eigenvalue weighted by molar-refractivity contribution is 5.66. The zero-order valence-corrected chi connectivity index (χ0v) is 8.00. The predicted octanol–water partition coefficient (Wildman–Crippen LogP) is 0.915. The van der Waals surface area contributed by atoms with Gasteiger partial charge in [-0.25, -0.2) is 9.18 Å². The molecule has 1 aromatic rings. The first kappa shape index (κ1) is 11.1. The van der Waals surface area contributed by atoms with E-state index in [1.807, 2.05) is 0 Å². The van der Waals surface area contributed by atoms with E-state index in [1.54, 1.807) is 0 Å². The maximum Gasteiger partial charge on any atom is 0.404 e. The number of benzene rings is 1. The third-order valence-electron chi connectivity index (χ3n) is 1.68. The molecule has 0 spiro atoms. The van der Waals surface area contributed by atoms with Crippen LogP contribution in [0.5, 0.6) is 0 Å². The average Bonchev–Trinajstić information content (AvgIpc) is 2.14. The maximum atomic E-state index is 12.6. The van der Waals surface area contributed by atoms with Crippen LogP contribution in [0.3, 0.4) is 0 Å². The van der Waals surface area contributed by atoms with Gasteiger partial charge in [-0.05, 0) is 18.2 Å². The molecule has 6 heteroatoms. The molecular formula is C9H12FN3O2. The summed E-state index contributed by atoms with van der Waals surface area (Å²) < 4.78 is 17.1. The van der Waals surface area contributed by atoms with Crippen molar-refractivity contribution in [3.8, 4) is 0 Å². The third-order valence-corrected chi connectivity index (χ3v) is 1.68. The normalized spacial score (nSPS) is 9.67. The largest absolute Gasteiger partial charge is 0.448 e. The first-order valence-corrected chi connectivity index (χ1v) is 4.30. The lowest BCUT2D eigenvalue weighted by atomic mass is 10.2. The number of nitrogens with one attached hydrogen (secondary N) is 1. The Kier molecular flexibility index (Phi) is 3.73. The zero-order chi connectivity index (χ0) is 11.3. The first-order valence-electron chi connectivity index (χ1n) is 4.30. The van der Waals surface area contributed by atoms with E-state index >= 15 is 0 Å². The summed E-state index contributed by atoms with van der Waals surface area (Å²) in [6.45, 7) is 0.491. The van der Waals surface area contributed by atoms with Crippen molar-refractivity contribution >= 4 is 17.5 Å². The first-order chi connectivity index (χ1) is 7.09. The molecule has 0 fully saturated rings. The number of carbonyl (C=O) groups is 1. The molecule has 1 aromatic carbocycles. The smallest absolute Gasteiger partial charge is 0.404 e. The van der Waals surface area contributed by atoms with Gasteiger partial charge in [-0.2, -0.15) is 0 Å². The molecule has 1 rings (SSSR count). The summed E-state index contributed by atoms with van der Waals surface area (Å²) in [5, 5.41) is 2.87. The van der Waals surface area contributed by atoms with E-state index in [9.17, 15) is 9.18 Å². The van der Waals surface area contributed by atoms with E-state index < -0.39 is 11.9 Å². The minimum Gasteiger partial charge on any atom is -0.448 e. The Morgan fingerprint density at radius 3 is 2.87 bits per heavy atom. The molecule has 0 atom stereocenters. The van der Waals surface area contributed by atoms with Crippen LogP contribution < -0.4 is 16.8 Å². The molecule has 0 aromatic heterocycles. The highest BCUT2D eigenvalue weighted by Crippen LogP contribution is 2.18. The van der Waals surface area contributed by atoms with E-state index in [4.69, 9.17) is 11.5 Å². The van der Waals surface area contributed by atoms with E-state index in [2.05, 4.69) is 10.1 Å². The number of nitrogen functional groups attached to an aromatic ring is 1. The van der Waals surface area contributed by atoms with Gasteiger partial charge in [0.05, 0.1) is 11.4 Å². The topological polar surface area (TPSA) is 90.4 Å². The van der Waals surface area contributed by atoms with Crippen LogP contribution in [-0.4, -0.2) is 19.2 Å². The van der Waals surface area contributed by atoms with E-state index in [0.717, 1.165) is 0 Å². The molecule has 5 N–H and O–H groups in total. The molecule has 0 saturated carbocycles. The van der Waals surface area contributed by atoms with Crippen molar-refractivity contribution in [3.05, 3.63) is 24.0 Å². The lowest BCUT2D eigenvalue weighted by Crippen LogP contribution is -2.18. The molecule has 0 aliphatic carbocycles. The summed E-state index contributed by atoms with van der Waals surface area (Å²) in [5.41, 5.74) is 11.2. The second-order valence-electron chi connectivity index (χ2n) is 2.83. The van der Waals surface area contributed by atoms with Gasteiger partial charge < -0.3 is 21.5 Å². The van der Waals surface area contributed by atoms with Gasteiger partial charge in [0.1, 0.15) is 12.4 Å². The summed E-state index contributed by atoms with van der Waals surface area (Å²) in [4.78, 5) is 10.2. The monoisotopic (exact) mass is 213 g/mol. The van der Waals surface area contributed by atoms with Crippen LogP contribution in [0.25, 0.3) is 0 Å². The molecule has 0 saturated heterocycles. The number of primary amides is 1. The average molecular weight is 213 g/mol. The fraction of sp³-hybridized carbons (Fsp3) is 0.222. The van der Waals surface area contributed by atoms with Crippen molar-refractivity contribution in [2.45, 2.75) is 0 Å². The van der Waals surface area contributed by atoms with Gasteiger partial charge in [0.25, 0.3) is 0 Å². The quantitative estimate of drug-likeness (QED) is 0.512. The van der Waals surface area contributed by atoms with Gasteiger partial charge >= 0.3 is 6.09 Å². The molecule has 82 valence electrons. The van der Waals surface area contributed by atoms with Crippen molar-refractivity contribution < 1.29 is 13.9 Å². The van der Waals surface area contributed by atoms with Crippen LogP contribution in [0.1, 0.15) is 0 Å². The van der Waals surface area contributed by atoms with Gasteiger partial charge in [-0.15, -0.1) is 0 Å². The fourth-order valence-corrected chi connectivity index (χ4v) is 1.03. The van der Waals surface area contributed by atoms with E-state index in [1.165, 1.54) is 18.2 Å². The molecule has 1 amide bonds. The van der Waals surface area contributed by atoms with Gasteiger partial charge in [0, 0.05) is 6.54 Å². The van der Waals surface area contributed by atoms with Crippen LogP contribution in [0.15, 0.2) is 18.2 Å². The summed E-state index contributed by atoms with van der Waals surface area (Å²) in [5.74, 6) is -0.397. The number of rotatable bonds is 4. The van der Waals surface area contributed by atoms with Crippen molar-refractivity contribution in [2.75, 3.05) is 24.2 Å². The van der Waals surface area contributed by atoms with Gasteiger partial charge in [-0.3, -0.25) is 0 Å². The lowest BCUT2D eigenvalue weighted by Gasteiger charge is -2.08. The highest BCUT2D eigenvalue weighted by Gasteiger charge is 2.00. The number of ether oxygens (including phenoxy) is 1. The minimum atomic E-state index is -0.830. The van der Waals surface area contributed by atoms with E-state index in [0.29, 0.717) is 17.9 Å². The van der Waals surface area contributed by atoms with Crippen LogP contribution >= 0.6 is 0 Å². The molecule has 5 nitrogen and oxygen atoms in total.